The third-order valence-corrected chi connectivity index (χ3v) is 6.35. The normalized spacial score (nSPS) is 19.1. The summed E-state index contributed by atoms with van der Waals surface area (Å²) in [6.45, 7) is 11.1. The van der Waals surface area contributed by atoms with E-state index in [-0.39, 0.29) is 24.8 Å². The molecule has 4 rings (SSSR count). The highest BCUT2D eigenvalue weighted by Gasteiger charge is 2.36. The lowest BCUT2D eigenvalue weighted by Gasteiger charge is -2.35. The molecule has 1 amide bonds. The summed E-state index contributed by atoms with van der Waals surface area (Å²) in [6, 6.07) is 7.08. The Hall–Kier alpha value is -3.27. The number of ether oxygens (including phenoxy) is 1. The Kier molecular flexibility index (Phi) is 6.20. The van der Waals surface area contributed by atoms with Crippen LogP contribution < -0.4 is 10.6 Å². The minimum absolute atomic E-state index is 0.0146. The largest absolute Gasteiger partial charge is 0.477 e. The van der Waals surface area contributed by atoms with Gasteiger partial charge in [-0.15, -0.1) is 0 Å². The van der Waals surface area contributed by atoms with Gasteiger partial charge in [-0.2, -0.15) is 0 Å². The van der Waals surface area contributed by atoms with Crippen LogP contribution in [0.5, 0.6) is 0 Å². The monoisotopic (exact) mass is 471 g/mol. The first-order valence-electron chi connectivity index (χ1n) is 11.6. The highest BCUT2D eigenvalue weighted by molar-refractivity contribution is 5.88. The number of hydrogen-bond donors (Lipinski definition) is 1. The number of carboxylic acids is 1. The molecule has 0 spiro atoms. The Morgan fingerprint density at radius 2 is 1.62 bits per heavy atom. The van der Waals surface area contributed by atoms with Gasteiger partial charge in [0.25, 0.3) is 0 Å². The van der Waals surface area contributed by atoms with Gasteiger partial charge in [-0.05, 0) is 59.0 Å². The predicted octanol–water partition coefficient (Wildman–Crippen LogP) is 2.23. The standard InChI is InChI=1S/C24H33N5O5/c1-16-14-28-19(15-27(16)23(33)34-24(2,3)4)20(21(30)31)29(22(28)32)18-8-6-17(7-9-18)26-12-10-25(5)11-13-26/h6-9,16H,10-15H2,1-5H3,(H,30,31). The Morgan fingerprint density at radius 1 is 1.03 bits per heavy atom. The molecule has 184 valence electrons. The summed E-state index contributed by atoms with van der Waals surface area (Å²) in [7, 11) is 2.10. The van der Waals surface area contributed by atoms with E-state index in [0.29, 0.717) is 11.4 Å². The molecule has 1 aromatic carbocycles. The van der Waals surface area contributed by atoms with Crippen molar-refractivity contribution in [2.45, 2.75) is 52.4 Å². The van der Waals surface area contributed by atoms with Crippen LogP contribution in [0.1, 0.15) is 43.9 Å². The molecular weight excluding hydrogens is 438 g/mol. The summed E-state index contributed by atoms with van der Waals surface area (Å²) in [5, 5.41) is 10.0. The summed E-state index contributed by atoms with van der Waals surface area (Å²) in [6.07, 6.45) is -0.528. The topological polar surface area (TPSA) is 100 Å². The maximum Gasteiger partial charge on any atom is 0.410 e. The molecule has 0 aliphatic carbocycles. The van der Waals surface area contributed by atoms with Gasteiger partial charge in [-0.1, -0.05) is 0 Å². The number of rotatable bonds is 3. The maximum absolute atomic E-state index is 13.3. The molecule has 1 fully saturated rings. The molecule has 1 saturated heterocycles. The predicted molar refractivity (Wildman–Crippen MR) is 128 cm³/mol. The third kappa shape index (κ3) is 4.54. The van der Waals surface area contributed by atoms with Crippen molar-refractivity contribution in [2.24, 2.45) is 0 Å². The number of aromatic nitrogens is 2. The van der Waals surface area contributed by atoms with Gasteiger partial charge in [0.2, 0.25) is 0 Å². The van der Waals surface area contributed by atoms with Crippen LogP contribution in [-0.4, -0.2) is 81.0 Å². The fourth-order valence-corrected chi connectivity index (χ4v) is 4.52. The van der Waals surface area contributed by atoms with E-state index in [4.69, 9.17) is 4.74 Å². The second-order valence-electron chi connectivity index (χ2n) is 10.1. The molecule has 2 aliphatic heterocycles. The fraction of sp³-hybridized carbons (Fsp3) is 0.542. The number of carbonyl (C=O) groups is 2. The molecule has 3 heterocycles. The summed E-state index contributed by atoms with van der Waals surface area (Å²) >= 11 is 0. The lowest BCUT2D eigenvalue weighted by molar-refractivity contribution is 0.00937. The summed E-state index contributed by atoms with van der Waals surface area (Å²) < 4.78 is 8.19. The highest BCUT2D eigenvalue weighted by atomic mass is 16.6. The number of amides is 1. The number of fused-ring (bicyclic) bond motifs is 1. The van der Waals surface area contributed by atoms with Crippen molar-refractivity contribution in [1.82, 2.24) is 18.9 Å². The van der Waals surface area contributed by atoms with Crippen LogP contribution in [0, 0.1) is 0 Å². The number of piperazine rings is 1. The number of nitrogens with zero attached hydrogens (tertiary/aromatic N) is 5. The van der Waals surface area contributed by atoms with Gasteiger partial charge in [0.05, 0.1) is 24.0 Å². The fourth-order valence-electron chi connectivity index (χ4n) is 4.52. The van der Waals surface area contributed by atoms with E-state index in [2.05, 4.69) is 16.8 Å². The van der Waals surface area contributed by atoms with Crippen molar-refractivity contribution >= 4 is 17.7 Å². The van der Waals surface area contributed by atoms with Crippen LogP contribution in [-0.2, 0) is 17.8 Å². The van der Waals surface area contributed by atoms with Gasteiger partial charge in [-0.25, -0.2) is 14.4 Å². The molecule has 10 nitrogen and oxygen atoms in total. The molecule has 0 bridgehead atoms. The van der Waals surface area contributed by atoms with Crippen LogP contribution in [0.15, 0.2) is 29.1 Å². The lowest BCUT2D eigenvalue weighted by Crippen LogP contribution is -2.48. The van der Waals surface area contributed by atoms with E-state index in [1.165, 1.54) is 14.0 Å². The van der Waals surface area contributed by atoms with E-state index in [1.54, 1.807) is 32.9 Å². The highest BCUT2D eigenvalue weighted by Crippen LogP contribution is 2.25. The first-order valence-corrected chi connectivity index (χ1v) is 11.6. The summed E-state index contributed by atoms with van der Waals surface area (Å²) in [4.78, 5) is 44.4. The number of carbonyl (C=O) groups excluding carboxylic acids is 1. The molecular formula is C24H33N5O5. The molecule has 34 heavy (non-hydrogen) atoms. The number of aromatic carboxylic acids is 1. The first-order chi connectivity index (χ1) is 16.0. The van der Waals surface area contributed by atoms with Gasteiger partial charge < -0.3 is 19.6 Å². The van der Waals surface area contributed by atoms with Gasteiger partial charge in [0, 0.05) is 38.4 Å². The minimum Gasteiger partial charge on any atom is -0.477 e. The van der Waals surface area contributed by atoms with E-state index in [0.717, 1.165) is 31.9 Å². The van der Waals surface area contributed by atoms with Gasteiger partial charge in [-0.3, -0.25) is 14.0 Å². The Balaban J connectivity index is 1.68. The molecule has 1 aromatic heterocycles. The van der Waals surface area contributed by atoms with Gasteiger partial charge in [0.1, 0.15) is 5.60 Å². The molecule has 0 saturated carbocycles. The molecule has 1 atom stereocenters. The maximum atomic E-state index is 13.3. The molecule has 10 heteroatoms. The SMILES string of the molecule is CC1Cn2c(c(C(=O)O)n(-c3ccc(N4CCN(C)CC4)cc3)c2=O)CN1C(=O)OC(C)(C)C. The van der Waals surface area contributed by atoms with Crippen molar-refractivity contribution in [3.05, 3.63) is 46.1 Å². The van der Waals surface area contributed by atoms with Crippen molar-refractivity contribution < 1.29 is 19.4 Å². The first kappa shape index (κ1) is 23.9. The molecule has 1 N–H and O–H groups in total. The number of anilines is 1. The Labute approximate surface area is 198 Å². The summed E-state index contributed by atoms with van der Waals surface area (Å²) in [5.74, 6) is -1.22. The van der Waals surface area contributed by atoms with E-state index in [1.807, 2.05) is 19.1 Å². The zero-order valence-electron chi connectivity index (χ0n) is 20.4. The summed E-state index contributed by atoms with van der Waals surface area (Å²) in [5.41, 5.74) is 0.591. The van der Waals surface area contributed by atoms with E-state index >= 15 is 0 Å². The molecule has 2 aliphatic rings. The van der Waals surface area contributed by atoms with Crippen molar-refractivity contribution in [3.8, 4) is 5.69 Å². The minimum atomic E-state index is -1.22. The quantitative estimate of drug-likeness (QED) is 0.733. The Bertz CT molecular complexity index is 1140. The average Bonchev–Trinajstić information content (AvgIpc) is 3.04. The van der Waals surface area contributed by atoms with Crippen LogP contribution >= 0.6 is 0 Å². The van der Waals surface area contributed by atoms with Crippen LogP contribution in [0.3, 0.4) is 0 Å². The zero-order valence-corrected chi connectivity index (χ0v) is 20.4. The second-order valence-corrected chi connectivity index (χ2v) is 10.1. The zero-order chi connectivity index (χ0) is 24.8. The molecule has 2 aromatic rings. The van der Waals surface area contributed by atoms with Crippen molar-refractivity contribution in [1.29, 1.82) is 0 Å². The van der Waals surface area contributed by atoms with Gasteiger partial charge in [0.15, 0.2) is 5.69 Å². The number of carboxylic acid groups (broad SMARTS) is 1. The van der Waals surface area contributed by atoms with E-state index < -0.39 is 23.4 Å². The van der Waals surface area contributed by atoms with E-state index in [9.17, 15) is 19.5 Å². The smallest absolute Gasteiger partial charge is 0.410 e. The average molecular weight is 472 g/mol. The van der Waals surface area contributed by atoms with Crippen LogP contribution in [0.2, 0.25) is 0 Å². The lowest BCUT2D eigenvalue weighted by atomic mass is 10.1. The van der Waals surface area contributed by atoms with Crippen LogP contribution in [0.25, 0.3) is 5.69 Å². The number of benzene rings is 1. The Morgan fingerprint density at radius 3 is 2.18 bits per heavy atom. The molecule has 1 unspecified atom stereocenters. The van der Waals surface area contributed by atoms with Gasteiger partial charge >= 0.3 is 17.8 Å². The van der Waals surface area contributed by atoms with Crippen molar-refractivity contribution in [2.75, 3.05) is 38.1 Å². The third-order valence-electron chi connectivity index (χ3n) is 6.35. The number of imidazole rings is 1. The number of likely N-dealkylation sites (N-methyl/N-ethyl adjacent to an activating group) is 1. The second kappa shape index (κ2) is 8.83. The number of hydrogen-bond acceptors (Lipinski definition) is 6. The van der Waals surface area contributed by atoms with Crippen molar-refractivity contribution in [3.63, 3.8) is 0 Å². The van der Waals surface area contributed by atoms with Crippen LogP contribution in [0.4, 0.5) is 10.5 Å². The molecule has 0 radical (unpaired) electrons.